The minimum atomic E-state index is -1.26. The first kappa shape index (κ1) is 21.1. The minimum absolute atomic E-state index is 0.0545. The molecule has 1 unspecified atom stereocenters. The van der Waals surface area contributed by atoms with Crippen LogP contribution in [0.1, 0.15) is 23.6 Å². The topological polar surface area (TPSA) is 123 Å². The molecule has 1 aliphatic rings. The number of aryl methyl sites for hydroxylation is 1. The Morgan fingerprint density at radius 1 is 1.00 bits per heavy atom. The Labute approximate surface area is 184 Å². The van der Waals surface area contributed by atoms with E-state index in [4.69, 9.17) is 0 Å². The predicted octanol–water partition coefficient (Wildman–Crippen LogP) is 1.63. The van der Waals surface area contributed by atoms with E-state index in [1.165, 1.54) is 0 Å². The zero-order valence-corrected chi connectivity index (χ0v) is 17.7. The third-order valence-corrected chi connectivity index (χ3v) is 5.57. The van der Waals surface area contributed by atoms with Crippen LogP contribution in [0.3, 0.4) is 0 Å². The predicted molar refractivity (Wildman–Crippen MR) is 117 cm³/mol. The number of nitrogens with zero attached hydrogens (tertiary/aromatic N) is 1. The summed E-state index contributed by atoms with van der Waals surface area (Å²) in [6.07, 6.45) is 1.80. The van der Waals surface area contributed by atoms with Gasteiger partial charge in [-0.1, -0.05) is 48.0 Å². The molecule has 1 aromatic heterocycles. The highest BCUT2D eigenvalue weighted by Crippen LogP contribution is 2.28. The highest BCUT2D eigenvalue weighted by molar-refractivity contribution is 6.09. The number of fused-ring (bicyclic) bond motifs is 1. The first-order chi connectivity index (χ1) is 15.3. The number of aromatic amines is 1. The second-order valence-corrected chi connectivity index (χ2v) is 7.95. The van der Waals surface area contributed by atoms with E-state index in [1.807, 2.05) is 43.3 Å². The molecule has 9 nitrogen and oxygen atoms in total. The Morgan fingerprint density at radius 2 is 1.69 bits per heavy atom. The molecule has 1 atom stereocenters. The fourth-order valence-corrected chi connectivity index (χ4v) is 3.74. The maximum absolute atomic E-state index is 12.9. The fourth-order valence-electron chi connectivity index (χ4n) is 3.74. The lowest BCUT2D eigenvalue weighted by atomic mass is 9.91. The molecule has 32 heavy (non-hydrogen) atoms. The lowest BCUT2D eigenvalue weighted by molar-refractivity contribution is -0.135. The van der Waals surface area contributed by atoms with E-state index in [9.17, 15) is 19.2 Å². The molecule has 0 bridgehead atoms. The number of hydrazine groups is 1. The average molecular weight is 433 g/mol. The molecular formula is C23H23N5O4. The van der Waals surface area contributed by atoms with Crippen molar-refractivity contribution in [3.8, 4) is 0 Å². The SMILES string of the molecule is Cc1ccc(C2(C)NC(=O)N(CC(=O)NNC(=O)Cc3c[nH]c4ccccc34)C2=O)cc1. The fraction of sp³-hybridized carbons (Fsp3) is 0.217. The average Bonchev–Trinajstić information content (AvgIpc) is 3.27. The van der Waals surface area contributed by atoms with Gasteiger partial charge in [0.25, 0.3) is 11.8 Å². The molecule has 0 spiro atoms. The molecule has 1 saturated heterocycles. The van der Waals surface area contributed by atoms with E-state index >= 15 is 0 Å². The number of urea groups is 1. The van der Waals surface area contributed by atoms with Crippen molar-refractivity contribution in [2.45, 2.75) is 25.8 Å². The molecule has 164 valence electrons. The van der Waals surface area contributed by atoms with E-state index in [0.29, 0.717) is 5.56 Å². The van der Waals surface area contributed by atoms with Crippen molar-refractivity contribution in [2.75, 3.05) is 6.54 Å². The molecule has 4 N–H and O–H groups in total. The van der Waals surface area contributed by atoms with Gasteiger partial charge in [0.15, 0.2) is 0 Å². The first-order valence-electron chi connectivity index (χ1n) is 10.1. The third-order valence-electron chi connectivity index (χ3n) is 5.57. The molecule has 2 aromatic carbocycles. The maximum atomic E-state index is 12.9. The number of rotatable bonds is 5. The summed E-state index contributed by atoms with van der Waals surface area (Å²) in [6, 6.07) is 14.1. The van der Waals surface area contributed by atoms with Crippen LogP contribution in [-0.2, 0) is 26.3 Å². The van der Waals surface area contributed by atoms with Crippen molar-refractivity contribution < 1.29 is 19.2 Å². The second-order valence-electron chi connectivity index (χ2n) is 7.95. The molecule has 1 aliphatic heterocycles. The summed E-state index contributed by atoms with van der Waals surface area (Å²) >= 11 is 0. The van der Waals surface area contributed by atoms with E-state index < -0.39 is 35.8 Å². The van der Waals surface area contributed by atoms with Crippen LogP contribution < -0.4 is 16.2 Å². The monoisotopic (exact) mass is 433 g/mol. The number of carbonyl (C=O) groups excluding carboxylic acids is 4. The molecule has 9 heteroatoms. The lowest BCUT2D eigenvalue weighted by Crippen LogP contribution is -2.48. The van der Waals surface area contributed by atoms with Crippen molar-refractivity contribution in [2.24, 2.45) is 0 Å². The standard InChI is InChI=1S/C23H23N5O4/c1-14-7-9-16(10-8-14)23(2)21(31)28(22(32)25-23)13-20(30)27-26-19(29)11-15-12-24-18-6-4-3-5-17(15)18/h3-10,12,24H,11,13H2,1-2H3,(H,25,32)(H,26,29)(H,27,30). The maximum Gasteiger partial charge on any atom is 0.325 e. The van der Waals surface area contributed by atoms with Crippen LogP contribution in [0.25, 0.3) is 10.9 Å². The smallest absolute Gasteiger partial charge is 0.325 e. The minimum Gasteiger partial charge on any atom is -0.361 e. The van der Waals surface area contributed by atoms with Crippen LogP contribution in [0.15, 0.2) is 54.7 Å². The number of amides is 5. The van der Waals surface area contributed by atoms with E-state index in [-0.39, 0.29) is 6.42 Å². The Kier molecular flexibility index (Phi) is 5.40. The van der Waals surface area contributed by atoms with Gasteiger partial charge in [0.1, 0.15) is 12.1 Å². The Morgan fingerprint density at radius 3 is 2.44 bits per heavy atom. The molecule has 0 aliphatic carbocycles. The van der Waals surface area contributed by atoms with E-state index in [2.05, 4.69) is 21.2 Å². The number of hydrogen-bond donors (Lipinski definition) is 4. The van der Waals surface area contributed by atoms with Gasteiger partial charge in [-0.05, 0) is 31.0 Å². The lowest BCUT2D eigenvalue weighted by Gasteiger charge is -2.22. The molecular weight excluding hydrogens is 410 g/mol. The van der Waals surface area contributed by atoms with Gasteiger partial charge in [0.2, 0.25) is 5.91 Å². The third kappa shape index (κ3) is 3.92. The van der Waals surface area contributed by atoms with Gasteiger partial charge in [-0.3, -0.25) is 30.1 Å². The van der Waals surface area contributed by atoms with Crippen molar-refractivity contribution in [1.29, 1.82) is 0 Å². The molecule has 1 fully saturated rings. The number of para-hydroxylation sites is 1. The number of benzene rings is 2. The van der Waals surface area contributed by atoms with Gasteiger partial charge in [-0.25, -0.2) is 4.79 Å². The largest absolute Gasteiger partial charge is 0.361 e. The van der Waals surface area contributed by atoms with Crippen LogP contribution in [-0.4, -0.2) is 40.2 Å². The molecule has 2 heterocycles. The summed E-state index contributed by atoms with van der Waals surface area (Å²) in [5.74, 6) is -1.65. The van der Waals surface area contributed by atoms with Crippen LogP contribution in [0.2, 0.25) is 0 Å². The number of aromatic nitrogens is 1. The van der Waals surface area contributed by atoms with Crippen molar-refractivity contribution in [1.82, 2.24) is 26.1 Å². The molecule has 4 rings (SSSR count). The van der Waals surface area contributed by atoms with Crippen molar-refractivity contribution in [3.05, 3.63) is 71.4 Å². The van der Waals surface area contributed by atoms with Gasteiger partial charge in [-0.15, -0.1) is 0 Å². The van der Waals surface area contributed by atoms with Crippen LogP contribution >= 0.6 is 0 Å². The normalized spacial score (nSPS) is 18.0. The number of hydrogen-bond acceptors (Lipinski definition) is 4. The Balaban J connectivity index is 1.34. The molecule has 0 saturated carbocycles. The summed E-state index contributed by atoms with van der Waals surface area (Å²) in [5.41, 5.74) is 6.67. The van der Waals surface area contributed by atoms with E-state index in [1.54, 1.807) is 25.3 Å². The molecule has 3 aromatic rings. The summed E-state index contributed by atoms with van der Waals surface area (Å²) in [4.78, 5) is 53.7. The highest BCUT2D eigenvalue weighted by Gasteiger charge is 2.49. The van der Waals surface area contributed by atoms with Crippen molar-refractivity contribution >= 4 is 34.7 Å². The summed E-state index contributed by atoms with van der Waals surface area (Å²) < 4.78 is 0. The number of carbonyl (C=O) groups is 4. The summed E-state index contributed by atoms with van der Waals surface area (Å²) in [7, 11) is 0. The molecule has 5 amide bonds. The van der Waals surface area contributed by atoms with Gasteiger partial charge >= 0.3 is 6.03 Å². The van der Waals surface area contributed by atoms with Gasteiger partial charge < -0.3 is 10.3 Å². The van der Waals surface area contributed by atoms with Crippen LogP contribution in [0.5, 0.6) is 0 Å². The highest BCUT2D eigenvalue weighted by atomic mass is 16.2. The first-order valence-corrected chi connectivity index (χ1v) is 10.1. The quantitative estimate of drug-likeness (QED) is 0.361. The van der Waals surface area contributed by atoms with Gasteiger partial charge in [0, 0.05) is 17.1 Å². The Hall–Kier alpha value is -4.14. The molecule has 0 radical (unpaired) electrons. The van der Waals surface area contributed by atoms with Crippen LogP contribution in [0, 0.1) is 6.92 Å². The van der Waals surface area contributed by atoms with Crippen molar-refractivity contribution in [3.63, 3.8) is 0 Å². The number of imide groups is 1. The zero-order valence-electron chi connectivity index (χ0n) is 17.7. The van der Waals surface area contributed by atoms with Gasteiger partial charge in [0.05, 0.1) is 6.42 Å². The summed E-state index contributed by atoms with van der Waals surface area (Å²) in [5, 5.41) is 3.57. The Bertz CT molecular complexity index is 1220. The van der Waals surface area contributed by atoms with Gasteiger partial charge in [-0.2, -0.15) is 0 Å². The zero-order chi connectivity index (χ0) is 22.9. The number of nitrogens with one attached hydrogen (secondary N) is 4. The summed E-state index contributed by atoms with van der Waals surface area (Å²) in [6.45, 7) is 3.00. The van der Waals surface area contributed by atoms with Crippen LogP contribution in [0.4, 0.5) is 4.79 Å². The second kappa shape index (κ2) is 8.18. The number of H-pyrrole nitrogens is 1. The van der Waals surface area contributed by atoms with E-state index in [0.717, 1.165) is 26.9 Å².